The van der Waals surface area contributed by atoms with E-state index in [0.29, 0.717) is 17.2 Å². The van der Waals surface area contributed by atoms with E-state index in [9.17, 15) is 9.59 Å². The van der Waals surface area contributed by atoms with Gasteiger partial charge in [0.1, 0.15) is 24.7 Å². The lowest BCUT2D eigenvalue weighted by Crippen LogP contribution is -2.21. The molecule has 32 heavy (non-hydrogen) atoms. The highest BCUT2D eigenvalue weighted by Crippen LogP contribution is 2.26. The fraction of sp³-hybridized carbons (Fsp3) is 0.125. The quantitative estimate of drug-likeness (QED) is 0.381. The maximum Gasteiger partial charge on any atom is 0.244 e. The van der Waals surface area contributed by atoms with Crippen LogP contribution in [0.5, 0.6) is 5.75 Å². The molecule has 2 amide bonds. The molecule has 8 heteroatoms. The molecule has 0 bridgehead atoms. The van der Waals surface area contributed by atoms with Crippen LogP contribution in [0.25, 0.3) is 11.0 Å². The lowest BCUT2D eigenvalue weighted by molar-refractivity contribution is -0.117. The van der Waals surface area contributed by atoms with Crippen LogP contribution in [-0.4, -0.2) is 21.4 Å². The van der Waals surface area contributed by atoms with Gasteiger partial charge < -0.3 is 19.9 Å². The van der Waals surface area contributed by atoms with Gasteiger partial charge in [-0.15, -0.1) is 0 Å². The third-order valence-electron chi connectivity index (χ3n) is 4.71. The number of halogens is 1. The van der Waals surface area contributed by atoms with Crippen LogP contribution in [0.4, 0.5) is 11.4 Å². The van der Waals surface area contributed by atoms with Gasteiger partial charge in [0.2, 0.25) is 11.8 Å². The first-order chi connectivity index (χ1) is 15.5. The molecule has 0 spiro atoms. The van der Waals surface area contributed by atoms with Crippen LogP contribution >= 0.6 is 15.9 Å². The van der Waals surface area contributed by atoms with Gasteiger partial charge in [0.25, 0.3) is 0 Å². The van der Waals surface area contributed by atoms with Crippen LogP contribution in [0, 0.1) is 0 Å². The molecule has 162 valence electrons. The number of carbonyl (C=O) groups excluding carboxylic acids is 2. The summed E-state index contributed by atoms with van der Waals surface area (Å²) in [6, 6.07) is 22.4. The molecule has 0 atom stereocenters. The van der Waals surface area contributed by atoms with Crippen molar-refractivity contribution < 1.29 is 14.3 Å². The number of hydrogen-bond donors (Lipinski definition) is 2. The number of ether oxygens (including phenoxy) is 1. The summed E-state index contributed by atoms with van der Waals surface area (Å²) < 4.78 is 8.49. The van der Waals surface area contributed by atoms with Crippen molar-refractivity contribution in [1.29, 1.82) is 0 Å². The van der Waals surface area contributed by atoms with Gasteiger partial charge in [0.15, 0.2) is 0 Å². The Morgan fingerprint density at radius 2 is 1.72 bits per heavy atom. The number of imidazole rings is 1. The number of nitrogens with one attached hydrogen (secondary N) is 2. The summed E-state index contributed by atoms with van der Waals surface area (Å²) in [5.74, 6) is 0.897. The molecule has 4 rings (SSSR count). The highest BCUT2D eigenvalue weighted by atomic mass is 79.9. The van der Waals surface area contributed by atoms with E-state index in [0.717, 1.165) is 21.3 Å². The molecule has 0 aliphatic carbocycles. The van der Waals surface area contributed by atoms with E-state index in [-0.39, 0.29) is 25.0 Å². The number of carbonyl (C=O) groups is 2. The molecule has 0 saturated carbocycles. The Kier molecular flexibility index (Phi) is 6.51. The van der Waals surface area contributed by atoms with E-state index >= 15 is 0 Å². The van der Waals surface area contributed by atoms with Gasteiger partial charge in [-0.1, -0.05) is 46.3 Å². The van der Waals surface area contributed by atoms with Gasteiger partial charge in [0, 0.05) is 11.4 Å². The van der Waals surface area contributed by atoms with Gasteiger partial charge in [-0.3, -0.25) is 9.59 Å². The second-order valence-corrected chi connectivity index (χ2v) is 8.04. The summed E-state index contributed by atoms with van der Waals surface area (Å²) in [6.07, 6.45) is 0. The number of aromatic nitrogens is 2. The summed E-state index contributed by atoms with van der Waals surface area (Å²) >= 11 is 3.40. The normalized spacial score (nSPS) is 10.7. The number of hydrogen-bond acceptors (Lipinski definition) is 4. The summed E-state index contributed by atoms with van der Waals surface area (Å²) in [6.45, 7) is 1.68. The zero-order valence-corrected chi connectivity index (χ0v) is 18.9. The molecule has 0 fully saturated rings. The van der Waals surface area contributed by atoms with Crippen LogP contribution in [0.15, 0.2) is 77.3 Å². The number of nitrogens with zero attached hydrogens (tertiary/aromatic N) is 2. The molecule has 1 heterocycles. The van der Waals surface area contributed by atoms with E-state index in [2.05, 4.69) is 31.5 Å². The summed E-state index contributed by atoms with van der Waals surface area (Å²) in [5.41, 5.74) is 2.65. The maximum atomic E-state index is 13.0. The smallest absolute Gasteiger partial charge is 0.244 e. The zero-order chi connectivity index (χ0) is 22.5. The van der Waals surface area contributed by atoms with Crippen LogP contribution in [0.3, 0.4) is 0 Å². The van der Waals surface area contributed by atoms with Crippen LogP contribution < -0.4 is 15.4 Å². The molecule has 1 aromatic heterocycles. The topological polar surface area (TPSA) is 85.2 Å². The summed E-state index contributed by atoms with van der Waals surface area (Å²) in [5, 5.41) is 5.62. The van der Waals surface area contributed by atoms with E-state index in [1.165, 1.54) is 6.92 Å². The summed E-state index contributed by atoms with van der Waals surface area (Å²) in [4.78, 5) is 29.1. The van der Waals surface area contributed by atoms with Crippen LogP contribution in [0.1, 0.15) is 12.7 Å². The molecule has 4 aromatic rings. The van der Waals surface area contributed by atoms with Crippen molar-refractivity contribution in [2.24, 2.45) is 0 Å². The van der Waals surface area contributed by atoms with Gasteiger partial charge in [0.05, 0.1) is 22.4 Å². The Balaban J connectivity index is 1.58. The lowest BCUT2D eigenvalue weighted by atomic mass is 10.2. The molecule has 2 N–H and O–H groups in total. The van der Waals surface area contributed by atoms with Crippen molar-refractivity contribution in [2.45, 2.75) is 20.1 Å². The van der Waals surface area contributed by atoms with Crippen molar-refractivity contribution in [3.63, 3.8) is 0 Å². The predicted molar refractivity (Wildman–Crippen MR) is 128 cm³/mol. The first-order valence-electron chi connectivity index (χ1n) is 9.98. The third-order valence-corrected chi connectivity index (χ3v) is 5.21. The molecular formula is C24H21BrN4O3. The Morgan fingerprint density at radius 1 is 0.969 bits per heavy atom. The first kappa shape index (κ1) is 21.6. The minimum atomic E-state index is -0.251. The van der Waals surface area contributed by atoms with Crippen LogP contribution in [-0.2, 0) is 22.7 Å². The number of fused-ring (bicyclic) bond motifs is 1. The molecule has 3 aromatic carbocycles. The Bertz CT molecular complexity index is 1270. The van der Waals surface area contributed by atoms with Gasteiger partial charge >= 0.3 is 0 Å². The fourth-order valence-electron chi connectivity index (χ4n) is 3.33. The van der Waals surface area contributed by atoms with Crippen molar-refractivity contribution in [2.75, 3.05) is 10.6 Å². The Hall–Kier alpha value is -3.65. The molecule has 0 aliphatic heterocycles. The van der Waals surface area contributed by atoms with Crippen molar-refractivity contribution in [3.05, 3.63) is 83.1 Å². The number of anilines is 2. The van der Waals surface area contributed by atoms with E-state index < -0.39 is 0 Å². The third kappa shape index (κ3) is 5.15. The zero-order valence-electron chi connectivity index (χ0n) is 17.3. The number of amides is 2. The van der Waals surface area contributed by atoms with Crippen molar-refractivity contribution >= 4 is 50.2 Å². The molecule has 0 unspecified atom stereocenters. The second-order valence-electron chi connectivity index (χ2n) is 7.12. The average molecular weight is 493 g/mol. The molecule has 0 aliphatic rings. The van der Waals surface area contributed by atoms with E-state index in [1.54, 1.807) is 18.2 Å². The SMILES string of the molecule is CC(=O)Nc1ccc(Br)cc1NC(=O)Cn1c(COc2ccccc2)nc2ccccc21. The Labute approximate surface area is 193 Å². The number of benzene rings is 3. The second kappa shape index (κ2) is 9.65. The Morgan fingerprint density at radius 3 is 2.50 bits per heavy atom. The molecule has 0 saturated heterocycles. The minimum absolute atomic E-state index is 0.0417. The van der Waals surface area contributed by atoms with Gasteiger partial charge in [-0.25, -0.2) is 4.98 Å². The molecular weight excluding hydrogens is 472 g/mol. The lowest BCUT2D eigenvalue weighted by Gasteiger charge is -2.14. The van der Waals surface area contributed by atoms with Crippen LogP contribution in [0.2, 0.25) is 0 Å². The first-order valence-corrected chi connectivity index (χ1v) is 10.8. The summed E-state index contributed by atoms with van der Waals surface area (Å²) in [7, 11) is 0. The minimum Gasteiger partial charge on any atom is -0.486 e. The number of rotatable bonds is 7. The molecule has 7 nitrogen and oxygen atoms in total. The predicted octanol–water partition coefficient (Wildman–Crippen LogP) is 4.97. The largest absolute Gasteiger partial charge is 0.486 e. The standard InChI is InChI=1S/C24H21BrN4O3/c1-16(30)26-19-12-11-17(25)13-21(19)28-24(31)14-29-22-10-6-5-9-20(22)27-23(29)15-32-18-7-3-2-4-8-18/h2-13H,14-15H2,1H3,(H,26,30)(H,28,31). The maximum absolute atomic E-state index is 13.0. The monoisotopic (exact) mass is 492 g/mol. The van der Waals surface area contributed by atoms with Crippen molar-refractivity contribution in [1.82, 2.24) is 9.55 Å². The highest BCUT2D eigenvalue weighted by molar-refractivity contribution is 9.10. The van der Waals surface area contributed by atoms with Gasteiger partial charge in [-0.05, 0) is 42.5 Å². The van der Waals surface area contributed by atoms with E-state index in [4.69, 9.17) is 4.74 Å². The fourth-order valence-corrected chi connectivity index (χ4v) is 3.69. The average Bonchev–Trinajstić information content (AvgIpc) is 3.12. The molecule has 0 radical (unpaired) electrons. The van der Waals surface area contributed by atoms with Gasteiger partial charge in [-0.2, -0.15) is 0 Å². The number of para-hydroxylation sites is 3. The highest BCUT2D eigenvalue weighted by Gasteiger charge is 2.16. The van der Waals surface area contributed by atoms with E-state index in [1.807, 2.05) is 59.2 Å². The van der Waals surface area contributed by atoms with Crippen molar-refractivity contribution in [3.8, 4) is 5.75 Å².